The molecule has 3 aromatic rings. The fraction of sp³-hybridized carbons (Fsp3) is 0.154. The van der Waals surface area contributed by atoms with Crippen molar-refractivity contribution < 1.29 is 62.5 Å². The Morgan fingerprint density at radius 3 is 1.41 bits per heavy atom. The van der Waals surface area contributed by atoms with E-state index in [0.29, 0.717) is 0 Å². The van der Waals surface area contributed by atoms with Crippen LogP contribution in [-0.4, -0.2) is 47.5 Å². The van der Waals surface area contributed by atoms with Crippen molar-refractivity contribution in [3.8, 4) is 0 Å². The van der Waals surface area contributed by atoms with Gasteiger partial charge in [0.05, 0.1) is 33.9 Å². The monoisotopic (exact) mass is 615 g/mol. The Balaban J connectivity index is 0.00000387. The molecule has 2 aliphatic rings. The normalized spacial score (nSPS) is 12.6. The number of nitrogens with zero attached hydrogens (tertiary/aromatic N) is 4. The summed E-state index contributed by atoms with van der Waals surface area (Å²) in [5.74, 6) is -2.57. The standard InChI is InChI=1S/C26H15F6N4O4.Mn/c27-25(28,29)11-39-23(37)21-17-5-1-13(33-17)9-14-2-6-19(34-14)22(24(38)40-12-26(30,31)32)20-8-4-16(36-20)10-15-3-7-18(21)35-15;/h1-10H,11-12H2,(H-,33,34,35,36,37,38);/q-1;+3/p-1. The van der Waals surface area contributed by atoms with Crippen LogP contribution in [0.5, 0.6) is 0 Å². The average Bonchev–Trinajstić information content (AvgIpc) is 3.66. The first-order chi connectivity index (χ1) is 18.8. The Bertz CT molecular complexity index is 1610. The maximum absolute atomic E-state index is 12.7. The molecule has 0 spiro atoms. The molecular weight excluding hydrogens is 601 g/mol. The third-order valence-corrected chi connectivity index (χ3v) is 5.40. The molecule has 0 fully saturated rings. The zero-order valence-electron chi connectivity index (χ0n) is 20.3. The molecule has 0 atom stereocenters. The van der Waals surface area contributed by atoms with Crippen molar-refractivity contribution >= 4 is 58.3 Å². The van der Waals surface area contributed by atoms with E-state index in [0.717, 1.165) is 0 Å². The summed E-state index contributed by atoms with van der Waals surface area (Å²) in [5, 5.41) is 0. The molecule has 8 bridgehead atoms. The molecule has 41 heavy (non-hydrogen) atoms. The molecule has 0 aliphatic carbocycles. The minimum absolute atomic E-state index is 0. The third-order valence-electron chi connectivity index (χ3n) is 5.40. The summed E-state index contributed by atoms with van der Waals surface area (Å²) in [7, 11) is 0. The number of carbonyl (C=O) groups excluding carboxylic acids is 2. The quantitative estimate of drug-likeness (QED) is 0.151. The van der Waals surface area contributed by atoms with Crippen LogP contribution in [0, 0.1) is 0 Å². The molecule has 0 amide bonds. The van der Waals surface area contributed by atoms with E-state index < -0.39 is 37.5 Å². The molecule has 8 nitrogen and oxygen atoms in total. The predicted octanol–water partition coefficient (Wildman–Crippen LogP) is 5.35. The predicted molar refractivity (Wildman–Crippen MR) is 129 cm³/mol. The van der Waals surface area contributed by atoms with E-state index in [-0.39, 0.29) is 73.0 Å². The smallest absolute Gasteiger partial charge is 0.657 e. The Morgan fingerprint density at radius 1 is 0.659 bits per heavy atom. The minimum atomic E-state index is -4.75. The van der Waals surface area contributed by atoms with Crippen molar-refractivity contribution in [2.75, 3.05) is 13.2 Å². The van der Waals surface area contributed by atoms with E-state index in [1.807, 2.05) is 0 Å². The first-order valence-corrected chi connectivity index (χ1v) is 11.3. The van der Waals surface area contributed by atoms with Crippen LogP contribution in [0.2, 0.25) is 0 Å². The number of halogens is 6. The Labute approximate surface area is 236 Å². The van der Waals surface area contributed by atoms with Crippen LogP contribution >= 0.6 is 0 Å². The fourth-order valence-electron chi connectivity index (χ4n) is 3.81. The zero-order valence-corrected chi connectivity index (χ0v) is 21.4. The number of esters is 2. The number of carbonyl (C=O) groups is 2. The van der Waals surface area contributed by atoms with Gasteiger partial charge in [-0.1, -0.05) is 36.4 Å². The largest absolute Gasteiger partial charge is 3.00 e. The van der Waals surface area contributed by atoms with E-state index in [9.17, 15) is 35.9 Å². The van der Waals surface area contributed by atoms with Gasteiger partial charge in [0, 0.05) is 0 Å². The molecule has 3 aromatic heterocycles. The van der Waals surface area contributed by atoms with Crippen LogP contribution in [0.1, 0.15) is 43.5 Å². The number of fused-ring (bicyclic) bond motifs is 8. The van der Waals surface area contributed by atoms with E-state index >= 15 is 0 Å². The Morgan fingerprint density at radius 2 is 1.05 bits per heavy atom. The van der Waals surface area contributed by atoms with Crippen LogP contribution in [-0.2, 0) is 26.5 Å². The second-order valence-corrected chi connectivity index (χ2v) is 8.44. The van der Waals surface area contributed by atoms with Gasteiger partial charge in [-0.15, -0.1) is 22.1 Å². The summed E-state index contributed by atoms with van der Waals surface area (Å²) < 4.78 is 85.1. The number of alkyl halides is 6. The first kappa shape index (κ1) is 29.6. The van der Waals surface area contributed by atoms with Gasteiger partial charge in [0.15, 0.2) is 13.2 Å². The van der Waals surface area contributed by atoms with Crippen LogP contribution in [0.4, 0.5) is 26.3 Å². The average molecular weight is 615 g/mol. The molecule has 15 heteroatoms. The molecule has 0 N–H and O–H groups in total. The van der Waals surface area contributed by atoms with Gasteiger partial charge in [-0.05, 0) is 24.3 Å². The van der Waals surface area contributed by atoms with Crippen molar-refractivity contribution in [2.45, 2.75) is 12.4 Å². The topological polar surface area (TPSA) is 107 Å². The van der Waals surface area contributed by atoms with Gasteiger partial charge in [0.2, 0.25) is 0 Å². The van der Waals surface area contributed by atoms with Crippen LogP contribution in [0.25, 0.3) is 46.4 Å². The molecule has 0 radical (unpaired) electrons. The molecule has 210 valence electrons. The van der Waals surface area contributed by atoms with Crippen LogP contribution < -0.4 is 9.97 Å². The number of hydrogen-bond donors (Lipinski definition) is 0. The van der Waals surface area contributed by atoms with Crippen LogP contribution in [0.15, 0.2) is 36.4 Å². The zero-order chi connectivity index (χ0) is 28.7. The molecule has 5 rings (SSSR count). The van der Waals surface area contributed by atoms with Gasteiger partial charge >= 0.3 is 41.4 Å². The third kappa shape index (κ3) is 7.05. The maximum Gasteiger partial charge on any atom is 3.00 e. The molecule has 0 saturated heterocycles. The van der Waals surface area contributed by atoms with Crippen molar-refractivity contribution in [1.29, 1.82) is 0 Å². The summed E-state index contributed by atoms with van der Waals surface area (Å²) in [4.78, 5) is 42.5. The number of hydrogen-bond acceptors (Lipinski definition) is 6. The summed E-state index contributed by atoms with van der Waals surface area (Å²) >= 11 is 0. The van der Waals surface area contributed by atoms with Gasteiger partial charge in [-0.2, -0.15) is 26.3 Å². The van der Waals surface area contributed by atoms with E-state index in [4.69, 9.17) is 0 Å². The number of aromatic nitrogens is 4. The second-order valence-electron chi connectivity index (χ2n) is 8.44. The van der Waals surface area contributed by atoms with Gasteiger partial charge in [0.1, 0.15) is 0 Å². The SMILES string of the molecule is O=C(OCC(F)(F)F)c1c2nc(cc3ccc([n-]3)c(C(=O)OCC(F)(F)F)c3nc(cc4ccc1[n-]4)C=C3)C=C2.[Mn+3]. The summed E-state index contributed by atoms with van der Waals surface area (Å²) in [6, 6.07) is 8.54. The molecule has 2 aliphatic heterocycles. The fourth-order valence-corrected chi connectivity index (χ4v) is 3.81. The summed E-state index contributed by atoms with van der Waals surface area (Å²) in [6.45, 7) is -3.61. The number of ether oxygens (including phenoxy) is 2. The number of rotatable bonds is 4. The van der Waals surface area contributed by atoms with Crippen molar-refractivity contribution in [3.05, 3.63) is 70.3 Å². The van der Waals surface area contributed by atoms with Gasteiger partial charge in [-0.3, -0.25) is 0 Å². The Hall–Kier alpha value is -4.36. The maximum atomic E-state index is 12.7. The van der Waals surface area contributed by atoms with E-state index in [1.165, 1.54) is 60.7 Å². The minimum Gasteiger partial charge on any atom is -0.657 e. The van der Waals surface area contributed by atoms with Gasteiger partial charge in [-0.25, -0.2) is 19.6 Å². The van der Waals surface area contributed by atoms with Crippen LogP contribution in [0.3, 0.4) is 0 Å². The van der Waals surface area contributed by atoms with Gasteiger partial charge < -0.3 is 19.4 Å². The van der Waals surface area contributed by atoms with E-state index in [2.05, 4.69) is 29.4 Å². The van der Waals surface area contributed by atoms with Crippen molar-refractivity contribution in [1.82, 2.24) is 19.9 Å². The molecule has 0 unspecified atom stereocenters. The second kappa shape index (κ2) is 11.3. The first-order valence-electron chi connectivity index (χ1n) is 11.3. The molecular formula is C26H14F6MnN4O4+. The molecule has 0 saturated carbocycles. The Kier molecular flexibility index (Phi) is 8.13. The molecule has 0 aromatic carbocycles. The van der Waals surface area contributed by atoms with Crippen molar-refractivity contribution in [2.24, 2.45) is 0 Å². The summed E-state index contributed by atoms with van der Waals surface area (Å²) in [6.07, 6.45) is -3.81. The van der Waals surface area contributed by atoms with Gasteiger partial charge in [0.25, 0.3) is 0 Å². The van der Waals surface area contributed by atoms with E-state index in [1.54, 1.807) is 0 Å². The molecule has 5 heterocycles. The van der Waals surface area contributed by atoms with Crippen molar-refractivity contribution in [3.63, 3.8) is 0 Å². The summed E-state index contributed by atoms with van der Waals surface area (Å²) in [5.41, 5.74) is 0.288.